The third-order valence-corrected chi connectivity index (χ3v) is 9.29. The fourth-order valence-electron chi connectivity index (χ4n) is 3.97. The summed E-state index contributed by atoms with van der Waals surface area (Å²) in [6.45, 7) is 1.83. The molecule has 0 unspecified atom stereocenters. The molecule has 0 aromatic heterocycles. The van der Waals surface area contributed by atoms with Gasteiger partial charge in [0.1, 0.15) is 5.57 Å². The molecule has 0 aliphatic carbocycles. The van der Waals surface area contributed by atoms with Crippen LogP contribution in [0.2, 0.25) is 0 Å². The zero-order valence-corrected chi connectivity index (χ0v) is 20.8. The number of nitrogens with two attached hydrogens (primary N) is 1. The molecule has 0 saturated carbocycles. The van der Waals surface area contributed by atoms with Crippen LogP contribution in [-0.2, 0) is 14.3 Å². The summed E-state index contributed by atoms with van der Waals surface area (Å²) in [7, 11) is -2.40. The minimum Gasteiger partial charge on any atom is -0.462 e. The van der Waals surface area contributed by atoms with E-state index in [1.54, 1.807) is 6.92 Å². The molecule has 0 radical (unpaired) electrons. The molecule has 0 aliphatic heterocycles. The van der Waals surface area contributed by atoms with Gasteiger partial charge in [0.15, 0.2) is 0 Å². The van der Waals surface area contributed by atoms with E-state index in [2.05, 4.69) is 36.4 Å². The maximum atomic E-state index is 12.1. The Labute approximate surface area is 211 Å². The number of ether oxygens (including phenoxy) is 1. The third kappa shape index (κ3) is 5.37. The summed E-state index contributed by atoms with van der Waals surface area (Å²) >= 11 is 0. The Morgan fingerprint density at radius 1 is 0.750 bits per heavy atom. The molecule has 2 N–H and O–H groups in total. The molecule has 0 saturated heterocycles. The second-order valence-corrected chi connectivity index (χ2v) is 11.0. The SMILES string of the molecule is CCOC(=O)C(=Cc1ccc(N=P(c2ccccc2)(c2ccccc2)c2ccccc2)cc1)C(N)=O. The highest BCUT2D eigenvalue weighted by Crippen LogP contribution is 2.49. The zero-order chi connectivity index (χ0) is 25.4. The quantitative estimate of drug-likeness (QED) is 0.124. The lowest BCUT2D eigenvalue weighted by atomic mass is 10.1. The molecule has 0 heterocycles. The Morgan fingerprint density at radius 3 is 1.58 bits per heavy atom. The smallest absolute Gasteiger partial charge is 0.343 e. The van der Waals surface area contributed by atoms with Crippen molar-refractivity contribution in [2.45, 2.75) is 6.92 Å². The second kappa shape index (κ2) is 11.5. The van der Waals surface area contributed by atoms with Gasteiger partial charge in [0.25, 0.3) is 5.91 Å². The lowest BCUT2D eigenvalue weighted by molar-refractivity contribution is -0.139. The van der Waals surface area contributed by atoms with Gasteiger partial charge in [-0.3, -0.25) is 9.54 Å². The molecular weight excluding hydrogens is 467 g/mol. The van der Waals surface area contributed by atoms with Gasteiger partial charge in [0, 0.05) is 15.9 Å². The van der Waals surface area contributed by atoms with Gasteiger partial charge in [-0.25, -0.2) is 4.79 Å². The number of amides is 1. The molecular formula is C30H27N2O3P. The summed E-state index contributed by atoms with van der Waals surface area (Å²) in [6.07, 6.45) is 1.44. The van der Waals surface area contributed by atoms with Crippen molar-refractivity contribution >= 4 is 46.6 Å². The van der Waals surface area contributed by atoms with Crippen LogP contribution in [0.25, 0.3) is 6.08 Å². The van der Waals surface area contributed by atoms with Gasteiger partial charge < -0.3 is 10.5 Å². The number of esters is 1. The van der Waals surface area contributed by atoms with E-state index in [1.807, 2.05) is 78.9 Å². The third-order valence-electron chi connectivity index (χ3n) is 5.62. The Kier molecular flexibility index (Phi) is 7.94. The molecule has 0 fully saturated rings. The number of primary amides is 1. The van der Waals surface area contributed by atoms with Crippen LogP contribution in [0, 0.1) is 0 Å². The van der Waals surface area contributed by atoms with E-state index in [9.17, 15) is 9.59 Å². The normalized spacial score (nSPS) is 11.5. The first-order chi connectivity index (χ1) is 17.5. The van der Waals surface area contributed by atoms with E-state index in [1.165, 1.54) is 6.08 Å². The summed E-state index contributed by atoms with van der Waals surface area (Å²) in [6, 6.07) is 38.5. The minimum atomic E-state index is -2.40. The fraction of sp³-hybridized carbons (Fsp3) is 0.0667. The summed E-state index contributed by atoms with van der Waals surface area (Å²) in [5.41, 5.74) is 6.64. The largest absolute Gasteiger partial charge is 0.462 e. The van der Waals surface area contributed by atoms with E-state index < -0.39 is 18.9 Å². The van der Waals surface area contributed by atoms with E-state index in [0.717, 1.165) is 21.6 Å². The van der Waals surface area contributed by atoms with Gasteiger partial charge in [0.05, 0.1) is 19.3 Å². The number of rotatable bonds is 8. The van der Waals surface area contributed by atoms with Crippen LogP contribution in [0.5, 0.6) is 0 Å². The lowest BCUT2D eigenvalue weighted by Crippen LogP contribution is -2.25. The topological polar surface area (TPSA) is 81.8 Å². The van der Waals surface area contributed by atoms with Gasteiger partial charge in [-0.15, -0.1) is 0 Å². The molecule has 4 rings (SSSR count). The molecule has 36 heavy (non-hydrogen) atoms. The second-order valence-electron chi connectivity index (χ2n) is 7.98. The number of carbonyl (C=O) groups excluding carboxylic acids is 2. The van der Waals surface area contributed by atoms with Crippen molar-refractivity contribution < 1.29 is 14.3 Å². The Hall–Kier alpha value is -4.21. The van der Waals surface area contributed by atoms with Crippen LogP contribution in [-0.4, -0.2) is 18.5 Å². The van der Waals surface area contributed by atoms with Crippen molar-refractivity contribution in [3.05, 3.63) is 126 Å². The highest BCUT2D eigenvalue weighted by atomic mass is 31.2. The summed E-state index contributed by atoms with van der Waals surface area (Å²) in [4.78, 5) is 23.9. The highest BCUT2D eigenvalue weighted by molar-refractivity contribution is 7.87. The average molecular weight is 495 g/mol. The number of nitrogens with zero attached hydrogens (tertiary/aromatic N) is 1. The maximum Gasteiger partial charge on any atom is 0.343 e. The Morgan fingerprint density at radius 2 is 1.19 bits per heavy atom. The van der Waals surface area contributed by atoms with Crippen LogP contribution >= 0.6 is 7.05 Å². The Bertz CT molecular complexity index is 1310. The first kappa shape index (κ1) is 24.9. The number of hydrogen-bond donors (Lipinski definition) is 1. The molecule has 0 spiro atoms. The molecule has 4 aromatic carbocycles. The van der Waals surface area contributed by atoms with Crippen molar-refractivity contribution in [1.29, 1.82) is 0 Å². The van der Waals surface area contributed by atoms with E-state index >= 15 is 0 Å². The molecule has 1 amide bonds. The molecule has 180 valence electrons. The van der Waals surface area contributed by atoms with Crippen LogP contribution in [0.15, 0.2) is 126 Å². The van der Waals surface area contributed by atoms with Crippen LogP contribution < -0.4 is 21.6 Å². The predicted octanol–water partition coefficient (Wildman–Crippen LogP) is 4.93. The fourth-order valence-corrected chi connectivity index (χ4v) is 7.50. The van der Waals surface area contributed by atoms with E-state index in [0.29, 0.717) is 5.56 Å². The molecule has 5 nitrogen and oxygen atoms in total. The highest BCUT2D eigenvalue weighted by Gasteiger charge is 2.27. The summed E-state index contributed by atoms with van der Waals surface area (Å²) in [5, 5.41) is 3.43. The summed E-state index contributed by atoms with van der Waals surface area (Å²) < 4.78 is 10.4. The van der Waals surface area contributed by atoms with Crippen molar-refractivity contribution in [2.75, 3.05) is 6.61 Å². The molecule has 0 aliphatic rings. The molecule has 4 aromatic rings. The predicted molar refractivity (Wildman–Crippen MR) is 147 cm³/mol. The van der Waals surface area contributed by atoms with Crippen LogP contribution in [0.3, 0.4) is 0 Å². The van der Waals surface area contributed by atoms with Gasteiger partial charge in [-0.05, 0) is 30.7 Å². The van der Waals surface area contributed by atoms with Crippen LogP contribution in [0.4, 0.5) is 5.69 Å². The molecule has 0 atom stereocenters. The van der Waals surface area contributed by atoms with Crippen molar-refractivity contribution in [1.82, 2.24) is 0 Å². The van der Waals surface area contributed by atoms with E-state index in [-0.39, 0.29) is 12.2 Å². The maximum absolute atomic E-state index is 12.1. The molecule has 6 heteroatoms. The first-order valence-electron chi connectivity index (χ1n) is 11.6. The van der Waals surface area contributed by atoms with Gasteiger partial charge >= 0.3 is 5.97 Å². The number of hydrogen-bond acceptors (Lipinski definition) is 4. The number of benzene rings is 4. The first-order valence-corrected chi connectivity index (χ1v) is 13.4. The van der Waals surface area contributed by atoms with Crippen molar-refractivity contribution in [2.24, 2.45) is 10.5 Å². The molecule has 0 bridgehead atoms. The van der Waals surface area contributed by atoms with Gasteiger partial charge in [0.2, 0.25) is 0 Å². The zero-order valence-electron chi connectivity index (χ0n) is 20.0. The van der Waals surface area contributed by atoms with Crippen molar-refractivity contribution in [3.63, 3.8) is 0 Å². The Balaban J connectivity index is 1.90. The lowest BCUT2D eigenvalue weighted by Gasteiger charge is -2.27. The summed E-state index contributed by atoms with van der Waals surface area (Å²) in [5.74, 6) is -1.56. The standard InChI is InChI=1S/C30H27N2O3P/c1-2-35-30(34)28(29(31)33)22-23-18-20-24(21-19-23)32-36(25-12-6-3-7-13-25,26-14-8-4-9-15-26)27-16-10-5-11-17-27/h3-22H,2H2,1H3,(H2,31,33). The van der Waals surface area contributed by atoms with Gasteiger partial charge in [-0.1, -0.05) is 103 Å². The number of carbonyl (C=O) groups is 2. The average Bonchev–Trinajstić information content (AvgIpc) is 2.92. The van der Waals surface area contributed by atoms with Crippen molar-refractivity contribution in [3.8, 4) is 0 Å². The monoisotopic (exact) mass is 494 g/mol. The van der Waals surface area contributed by atoms with Gasteiger partial charge in [-0.2, -0.15) is 0 Å². The van der Waals surface area contributed by atoms with E-state index in [4.69, 9.17) is 15.2 Å². The minimum absolute atomic E-state index is 0.158. The van der Waals surface area contributed by atoms with Crippen LogP contribution in [0.1, 0.15) is 12.5 Å².